The van der Waals surface area contributed by atoms with Gasteiger partial charge in [-0.05, 0) is 70.4 Å². The van der Waals surface area contributed by atoms with Gasteiger partial charge in [-0.15, -0.1) is 0 Å². The van der Waals surface area contributed by atoms with E-state index in [-0.39, 0.29) is 0 Å². The molecule has 0 saturated heterocycles. The molecular weight excluding hydrogens is 410 g/mol. The van der Waals surface area contributed by atoms with Crippen LogP contribution in [-0.4, -0.2) is 44.2 Å². The molecular formula is C26H37N7. The molecule has 6 rings (SSSR count). The first-order valence-electron chi connectivity index (χ1n) is 12.7. The molecule has 7 heteroatoms. The molecule has 7 nitrogen and oxygen atoms in total. The second-order valence-corrected chi connectivity index (χ2v) is 10.9. The topological polar surface area (TPSA) is 63.8 Å². The normalized spacial score (nSPS) is 27.2. The van der Waals surface area contributed by atoms with Gasteiger partial charge in [-0.2, -0.15) is 10.2 Å². The number of nitrogens with zero attached hydrogens (tertiary/aromatic N) is 6. The summed E-state index contributed by atoms with van der Waals surface area (Å²) in [5.74, 6) is 0.845. The highest BCUT2D eigenvalue weighted by molar-refractivity contribution is 5.89. The molecule has 1 N–H and O–H groups in total. The van der Waals surface area contributed by atoms with E-state index in [2.05, 4.69) is 47.0 Å². The summed E-state index contributed by atoms with van der Waals surface area (Å²) in [6, 6.07) is 2.93. The van der Waals surface area contributed by atoms with Gasteiger partial charge in [0.1, 0.15) is 0 Å². The predicted octanol–water partition coefficient (Wildman–Crippen LogP) is 3.90. The minimum absolute atomic E-state index is 0.448. The fraction of sp³-hybridized carbons (Fsp3) is 0.654. The zero-order valence-corrected chi connectivity index (χ0v) is 20.6. The van der Waals surface area contributed by atoms with E-state index in [9.17, 15) is 0 Å². The van der Waals surface area contributed by atoms with Crippen LogP contribution in [-0.2, 0) is 26.6 Å². The van der Waals surface area contributed by atoms with Crippen molar-refractivity contribution in [3.8, 4) is 0 Å². The van der Waals surface area contributed by atoms with E-state index in [0.717, 1.165) is 48.7 Å². The average Bonchev–Trinajstić information content (AvgIpc) is 3.33. The van der Waals surface area contributed by atoms with Crippen molar-refractivity contribution in [1.82, 2.24) is 29.9 Å². The maximum Gasteiger partial charge on any atom is 0.159 e. The summed E-state index contributed by atoms with van der Waals surface area (Å²) in [6.07, 6.45) is 11.2. The number of hydrogen-bond acceptors (Lipinski definition) is 5. The minimum Gasteiger partial charge on any atom is -0.366 e. The summed E-state index contributed by atoms with van der Waals surface area (Å²) in [5.41, 5.74) is 7.82. The standard InChI is InChI=1S/C26H37N7/c1-17-12-24(20-14-28-31(4)25(20)29-17)32-11-8-23-21(15-32)18(2)30-33(23)16-26-9-5-6-19(13-26)22(27-3)7-10-26/h12,14,19,22,27H,5-11,13,15-16H2,1-4H3. The summed E-state index contributed by atoms with van der Waals surface area (Å²) >= 11 is 0. The number of aromatic nitrogens is 5. The molecule has 0 aromatic carbocycles. The Balaban J connectivity index is 1.28. The molecule has 4 heterocycles. The summed E-state index contributed by atoms with van der Waals surface area (Å²) in [6.45, 7) is 7.33. The zero-order chi connectivity index (χ0) is 22.7. The maximum absolute atomic E-state index is 5.13. The first-order chi connectivity index (χ1) is 16.0. The number of aryl methyl sites for hydroxylation is 3. The third kappa shape index (κ3) is 3.47. The third-order valence-corrected chi connectivity index (χ3v) is 8.87. The molecule has 2 aliphatic carbocycles. The van der Waals surface area contributed by atoms with Gasteiger partial charge in [-0.1, -0.05) is 6.42 Å². The molecule has 1 aliphatic heterocycles. The van der Waals surface area contributed by atoms with Crippen molar-refractivity contribution in [2.75, 3.05) is 18.5 Å². The number of rotatable bonds is 4. The number of pyridine rings is 1. The van der Waals surface area contributed by atoms with Gasteiger partial charge in [0.15, 0.2) is 5.65 Å². The van der Waals surface area contributed by atoms with Gasteiger partial charge >= 0.3 is 0 Å². The summed E-state index contributed by atoms with van der Waals surface area (Å²) in [5, 5.41) is 14.3. The summed E-state index contributed by atoms with van der Waals surface area (Å²) in [7, 11) is 4.12. The van der Waals surface area contributed by atoms with E-state index in [1.807, 2.05) is 17.9 Å². The van der Waals surface area contributed by atoms with E-state index in [0.29, 0.717) is 11.5 Å². The van der Waals surface area contributed by atoms with Crippen molar-refractivity contribution < 1.29 is 0 Å². The molecule has 3 unspecified atom stereocenters. The Morgan fingerprint density at radius 3 is 2.94 bits per heavy atom. The van der Waals surface area contributed by atoms with Crippen molar-refractivity contribution in [3.63, 3.8) is 0 Å². The van der Waals surface area contributed by atoms with Gasteiger partial charge in [-0.3, -0.25) is 9.36 Å². The molecule has 2 saturated carbocycles. The number of hydrogen-bond donors (Lipinski definition) is 1. The number of nitrogens with one attached hydrogen (secondary N) is 1. The highest BCUT2D eigenvalue weighted by Crippen LogP contribution is 2.50. The fourth-order valence-corrected chi connectivity index (χ4v) is 7.17. The molecule has 3 aliphatic rings. The lowest BCUT2D eigenvalue weighted by Crippen LogP contribution is -2.47. The monoisotopic (exact) mass is 447 g/mol. The second kappa shape index (κ2) is 7.83. The van der Waals surface area contributed by atoms with Crippen molar-refractivity contribution in [2.24, 2.45) is 18.4 Å². The van der Waals surface area contributed by atoms with E-state index >= 15 is 0 Å². The molecule has 3 aromatic heterocycles. The van der Waals surface area contributed by atoms with Crippen LogP contribution in [0.3, 0.4) is 0 Å². The Hall–Kier alpha value is -2.41. The lowest BCUT2D eigenvalue weighted by molar-refractivity contribution is 0.0344. The van der Waals surface area contributed by atoms with Gasteiger partial charge in [-0.25, -0.2) is 4.98 Å². The Morgan fingerprint density at radius 2 is 2.09 bits per heavy atom. The van der Waals surface area contributed by atoms with E-state index in [4.69, 9.17) is 10.1 Å². The lowest BCUT2D eigenvalue weighted by atomic mass is 9.60. The van der Waals surface area contributed by atoms with Crippen LogP contribution in [0.2, 0.25) is 0 Å². The Kier molecular flexibility index (Phi) is 5.02. The minimum atomic E-state index is 0.448. The van der Waals surface area contributed by atoms with Crippen LogP contribution in [0.25, 0.3) is 11.0 Å². The van der Waals surface area contributed by atoms with Crippen LogP contribution in [0.15, 0.2) is 12.3 Å². The van der Waals surface area contributed by atoms with Crippen molar-refractivity contribution in [2.45, 2.75) is 77.9 Å². The van der Waals surface area contributed by atoms with Crippen molar-refractivity contribution in [3.05, 3.63) is 34.9 Å². The Labute approximate surface area is 196 Å². The predicted molar refractivity (Wildman–Crippen MR) is 131 cm³/mol. The molecule has 0 amide bonds. The largest absolute Gasteiger partial charge is 0.366 e. The van der Waals surface area contributed by atoms with Crippen LogP contribution in [0, 0.1) is 25.2 Å². The van der Waals surface area contributed by atoms with Crippen molar-refractivity contribution in [1.29, 1.82) is 0 Å². The summed E-state index contributed by atoms with van der Waals surface area (Å²) in [4.78, 5) is 7.22. The second-order valence-electron chi connectivity index (χ2n) is 10.9. The molecule has 0 spiro atoms. The molecule has 2 fully saturated rings. The smallest absolute Gasteiger partial charge is 0.159 e. The first-order valence-corrected chi connectivity index (χ1v) is 12.7. The van der Waals surface area contributed by atoms with Gasteiger partial charge < -0.3 is 10.2 Å². The Morgan fingerprint density at radius 1 is 1.21 bits per heavy atom. The first kappa shape index (κ1) is 21.1. The molecule has 3 aromatic rings. The molecule has 176 valence electrons. The third-order valence-electron chi connectivity index (χ3n) is 8.87. The highest BCUT2D eigenvalue weighted by atomic mass is 15.3. The van der Waals surface area contributed by atoms with Gasteiger partial charge in [0.25, 0.3) is 0 Å². The Bertz CT molecular complexity index is 1190. The average molecular weight is 448 g/mol. The van der Waals surface area contributed by atoms with Gasteiger partial charge in [0, 0.05) is 56.1 Å². The highest BCUT2D eigenvalue weighted by Gasteiger charge is 2.44. The number of fused-ring (bicyclic) bond motifs is 4. The van der Waals surface area contributed by atoms with Crippen LogP contribution in [0.5, 0.6) is 0 Å². The van der Waals surface area contributed by atoms with Crippen LogP contribution in [0.4, 0.5) is 5.69 Å². The van der Waals surface area contributed by atoms with Crippen molar-refractivity contribution >= 4 is 16.7 Å². The van der Waals surface area contributed by atoms with Crippen LogP contribution < -0.4 is 10.2 Å². The fourth-order valence-electron chi connectivity index (χ4n) is 7.17. The molecule has 2 bridgehead atoms. The van der Waals surface area contributed by atoms with Gasteiger partial charge in [0.2, 0.25) is 0 Å². The SMILES string of the molecule is CNC1CCC2(Cn3nc(C)c4c3CCN(c3cc(C)nc5c3cnn5C)C4)CCCC1C2. The molecule has 0 radical (unpaired) electrons. The van der Waals surface area contributed by atoms with E-state index in [1.165, 1.54) is 61.2 Å². The zero-order valence-electron chi connectivity index (χ0n) is 20.6. The molecule has 33 heavy (non-hydrogen) atoms. The van der Waals surface area contributed by atoms with Crippen LogP contribution in [0.1, 0.15) is 61.2 Å². The van der Waals surface area contributed by atoms with E-state index in [1.54, 1.807) is 0 Å². The van der Waals surface area contributed by atoms with Crippen LogP contribution >= 0.6 is 0 Å². The quantitative estimate of drug-likeness (QED) is 0.657. The summed E-state index contributed by atoms with van der Waals surface area (Å²) < 4.78 is 4.30. The van der Waals surface area contributed by atoms with E-state index < -0.39 is 0 Å². The maximum atomic E-state index is 5.13. The van der Waals surface area contributed by atoms with Gasteiger partial charge in [0.05, 0.1) is 23.0 Å². The lowest BCUT2D eigenvalue weighted by Gasteiger charge is -2.49. The molecule has 3 atom stereocenters. The number of anilines is 1.